The zero-order valence-electron chi connectivity index (χ0n) is 11.8. The average Bonchev–Trinajstić information content (AvgIpc) is 3.07. The molecule has 0 aromatic carbocycles. The van der Waals surface area contributed by atoms with Crippen molar-refractivity contribution in [1.82, 2.24) is 19.9 Å². The summed E-state index contributed by atoms with van der Waals surface area (Å²) in [5.41, 5.74) is 1.53. The summed E-state index contributed by atoms with van der Waals surface area (Å²) < 4.78 is 0. The molecule has 0 spiro atoms. The molecule has 0 saturated carbocycles. The minimum atomic E-state index is -0.285. The van der Waals surface area contributed by atoms with Gasteiger partial charge in [0.2, 0.25) is 5.95 Å². The molecule has 1 saturated heterocycles. The predicted molar refractivity (Wildman–Crippen MR) is 77.8 cm³/mol. The summed E-state index contributed by atoms with van der Waals surface area (Å²) >= 11 is 0. The molecule has 1 aliphatic heterocycles. The van der Waals surface area contributed by atoms with Gasteiger partial charge in [-0.15, -0.1) is 0 Å². The average molecular weight is 276 g/mol. The van der Waals surface area contributed by atoms with Crippen molar-refractivity contribution in [3.8, 4) is 0 Å². The highest BCUT2D eigenvalue weighted by Gasteiger charge is 2.28. The number of anilines is 2. The summed E-state index contributed by atoms with van der Waals surface area (Å²) in [6.45, 7) is 6.34. The number of aromatic amines is 1. The molecule has 3 heterocycles. The van der Waals surface area contributed by atoms with Gasteiger partial charge in [-0.1, -0.05) is 0 Å². The molecule has 0 amide bonds. The summed E-state index contributed by atoms with van der Waals surface area (Å²) in [6, 6.07) is 0. The van der Waals surface area contributed by atoms with Gasteiger partial charge in [0.25, 0.3) is 0 Å². The fraction of sp³-hybridized carbons (Fsp3) is 0.615. The first kappa shape index (κ1) is 13.1. The van der Waals surface area contributed by atoms with Crippen LogP contribution in [0.1, 0.15) is 20.3 Å². The van der Waals surface area contributed by atoms with Crippen molar-refractivity contribution in [2.45, 2.75) is 26.4 Å². The van der Waals surface area contributed by atoms with Crippen LogP contribution in [0.2, 0.25) is 0 Å². The molecule has 7 nitrogen and oxygen atoms in total. The van der Waals surface area contributed by atoms with Gasteiger partial charge >= 0.3 is 0 Å². The second kappa shape index (κ2) is 5.24. The highest BCUT2D eigenvalue weighted by molar-refractivity contribution is 5.84. The van der Waals surface area contributed by atoms with E-state index < -0.39 is 0 Å². The Morgan fingerprint density at radius 1 is 1.55 bits per heavy atom. The van der Waals surface area contributed by atoms with Crippen molar-refractivity contribution < 1.29 is 5.11 Å². The monoisotopic (exact) mass is 276 g/mol. The number of hydrogen-bond acceptors (Lipinski definition) is 6. The van der Waals surface area contributed by atoms with E-state index >= 15 is 0 Å². The smallest absolute Gasteiger partial charge is 0.226 e. The number of imidazole rings is 1. The Morgan fingerprint density at radius 2 is 2.40 bits per heavy atom. The molecule has 2 unspecified atom stereocenters. The van der Waals surface area contributed by atoms with Crippen molar-refractivity contribution in [3.63, 3.8) is 0 Å². The predicted octanol–water partition coefficient (Wildman–Crippen LogP) is 0.992. The zero-order valence-corrected chi connectivity index (χ0v) is 11.8. The van der Waals surface area contributed by atoms with Crippen LogP contribution in [0.3, 0.4) is 0 Å². The lowest BCUT2D eigenvalue weighted by atomic mass is 10.0. The molecule has 3 rings (SSSR count). The van der Waals surface area contributed by atoms with Crippen molar-refractivity contribution in [1.29, 1.82) is 0 Å². The second-order valence-corrected chi connectivity index (χ2v) is 5.24. The van der Waals surface area contributed by atoms with Gasteiger partial charge < -0.3 is 20.3 Å². The SMILES string of the molecule is CCNc1nc(N2CCC(C(C)O)C2)c2[nH]cnc2n1. The third-order valence-corrected chi connectivity index (χ3v) is 3.81. The van der Waals surface area contributed by atoms with Gasteiger partial charge in [-0.05, 0) is 20.3 Å². The Morgan fingerprint density at radius 3 is 3.10 bits per heavy atom. The third kappa shape index (κ3) is 2.29. The standard InChI is InChI=1S/C13H20N6O/c1-3-14-13-17-11-10(15-7-16-11)12(18-13)19-5-4-9(6-19)8(2)20/h7-9,20H,3-6H2,1-2H3,(H2,14,15,16,17,18). The maximum absolute atomic E-state index is 9.74. The molecule has 1 aliphatic rings. The van der Waals surface area contributed by atoms with Crippen LogP contribution in [0, 0.1) is 5.92 Å². The molecular weight excluding hydrogens is 256 g/mol. The molecule has 1 fully saturated rings. The van der Waals surface area contributed by atoms with Crippen molar-refractivity contribution in [3.05, 3.63) is 6.33 Å². The Balaban J connectivity index is 1.95. The maximum Gasteiger partial charge on any atom is 0.226 e. The summed E-state index contributed by atoms with van der Waals surface area (Å²) in [4.78, 5) is 18.5. The van der Waals surface area contributed by atoms with Gasteiger partial charge in [0.1, 0.15) is 5.52 Å². The number of rotatable bonds is 4. The molecule has 0 aliphatic carbocycles. The van der Waals surface area contributed by atoms with Crippen LogP contribution >= 0.6 is 0 Å². The summed E-state index contributed by atoms with van der Waals surface area (Å²) in [6.07, 6.45) is 2.33. The highest BCUT2D eigenvalue weighted by Crippen LogP contribution is 2.29. The van der Waals surface area contributed by atoms with Crippen LogP contribution in [0.15, 0.2) is 6.33 Å². The van der Waals surface area contributed by atoms with E-state index in [-0.39, 0.29) is 6.10 Å². The minimum Gasteiger partial charge on any atom is -0.393 e. The van der Waals surface area contributed by atoms with Crippen LogP contribution < -0.4 is 10.2 Å². The number of aromatic nitrogens is 4. The zero-order chi connectivity index (χ0) is 14.1. The first-order chi connectivity index (χ1) is 9.69. The van der Waals surface area contributed by atoms with E-state index in [1.54, 1.807) is 6.33 Å². The number of nitrogens with one attached hydrogen (secondary N) is 2. The molecule has 108 valence electrons. The summed E-state index contributed by atoms with van der Waals surface area (Å²) in [7, 11) is 0. The summed E-state index contributed by atoms with van der Waals surface area (Å²) in [5.74, 6) is 1.76. The van der Waals surface area contributed by atoms with Gasteiger partial charge in [0, 0.05) is 25.6 Å². The molecule has 2 aromatic heterocycles. The van der Waals surface area contributed by atoms with Gasteiger partial charge in [0.05, 0.1) is 12.4 Å². The van der Waals surface area contributed by atoms with E-state index in [4.69, 9.17) is 0 Å². The molecule has 3 N–H and O–H groups in total. The summed E-state index contributed by atoms with van der Waals surface area (Å²) in [5, 5.41) is 12.9. The van der Waals surface area contributed by atoms with Crippen LogP contribution in [0.5, 0.6) is 0 Å². The molecule has 7 heteroatoms. The molecular formula is C13H20N6O. The normalized spacial score (nSPS) is 20.6. The lowest BCUT2D eigenvalue weighted by Crippen LogP contribution is -2.25. The lowest BCUT2D eigenvalue weighted by Gasteiger charge is -2.19. The number of hydrogen-bond donors (Lipinski definition) is 3. The van der Waals surface area contributed by atoms with Crippen molar-refractivity contribution >= 4 is 22.9 Å². The molecule has 2 atom stereocenters. The second-order valence-electron chi connectivity index (χ2n) is 5.24. The van der Waals surface area contributed by atoms with Crippen LogP contribution in [-0.2, 0) is 0 Å². The van der Waals surface area contributed by atoms with Gasteiger partial charge in [-0.3, -0.25) is 0 Å². The molecule has 0 radical (unpaired) electrons. The Kier molecular flexibility index (Phi) is 3.43. The van der Waals surface area contributed by atoms with Crippen molar-refractivity contribution in [2.75, 3.05) is 29.9 Å². The number of nitrogens with zero attached hydrogens (tertiary/aromatic N) is 4. The first-order valence-electron chi connectivity index (χ1n) is 7.07. The van der Waals surface area contributed by atoms with E-state index in [9.17, 15) is 5.11 Å². The van der Waals surface area contributed by atoms with Crippen LogP contribution in [0.4, 0.5) is 11.8 Å². The number of fused-ring (bicyclic) bond motifs is 1. The number of aliphatic hydroxyl groups excluding tert-OH is 1. The quantitative estimate of drug-likeness (QED) is 0.771. The number of H-pyrrole nitrogens is 1. The minimum absolute atomic E-state index is 0.285. The largest absolute Gasteiger partial charge is 0.393 e. The molecule has 0 bridgehead atoms. The van der Waals surface area contributed by atoms with Crippen LogP contribution in [0.25, 0.3) is 11.2 Å². The third-order valence-electron chi connectivity index (χ3n) is 3.81. The van der Waals surface area contributed by atoms with E-state index in [0.717, 1.165) is 37.4 Å². The topological polar surface area (TPSA) is 90.0 Å². The van der Waals surface area contributed by atoms with Gasteiger partial charge in [-0.2, -0.15) is 9.97 Å². The fourth-order valence-corrected chi connectivity index (χ4v) is 2.66. The van der Waals surface area contributed by atoms with Gasteiger partial charge in [0.15, 0.2) is 11.5 Å². The van der Waals surface area contributed by atoms with Crippen molar-refractivity contribution in [2.24, 2.45) is 5.92 Å². The van der Waals surface area contributed by atoms with E-state index in [1.807, 2.05) is 13.8 Å². The highest BCUT2D eigenvalue weighted by atomic mass is 16.3. The number of aliphatic hydroxyl groups is 1. The maximum atomic E-state index is 9.74. The molecule has 2 aromatic rings. The molecule has 20 heavy (non-hydrogen) atoms. The van der Waals surface area contributed by atoms with Crippen LogP contribution in [-0.4, -0.2) is 50.8 Å². The van der Waals surface area contributed by atoms with E-state index in [0.29, 0.717) is 17.5 Å². The first-order valence-corrected chi connectivity index (χ1v) is 7.07. The Bertz CT molecular complexity index is 596. The van der Waals surface area contributed by atoms with E-state index in [2.05, 4.69) is 30.2 Å². The van der Waals surface area contributed by atoms with E-state index in [1.165, 1.54) is 0 Å². The fourth-order valence-electron chi connectivity index (χ4n) is 2.66. The van der Waals surface area contributed by atoms with Gasteiger partial charge in [-0.25, -0.2) is 4.98 Å². The Hall–Kier alpha value is -1.89. The lowest BCUT2D eigenvalue weighted by molar-refractivity contribution is 0.136. The Labute approximate surface area is 117 Å².